The molecule has 0 aromatic rings. The molecule has 0 atom stereocenters. The van der Waals surface area contributed by atoms with Crippen molar-refractivity contribution >= 4 is 23.5 Å². The van der Waals surface area contributed by atoms with Gasteiger partial charge in [-0.3, -0.25) is 0 Å². The highest BCUT2D eigenvalue weighted by atomic mass is 32.2. The predicted octanol–water partition coefficient (Wildman–Crippen LogP) is 4.27. The minimum Gasteiger partial charge on any atom is -0.330 e. The first-order chi connectivity index (χ1) is 9.91. The molecule has 122 valence electrons. The maximum Gasteiger partial charge on any atom is 0.00558 e. The summed E-state index contributed by atoms with van der Waals surface area (Å²) in [5, 5.41) is 0. The molecule has 4 N–H and O–H groups in total. The molecule has 0 fully saturated rings. The van der Waals surface area contributed by atoms with E-state index < -0.39 is 0 Å². The van der Waals surface area contributed by atoms with Crippen molar-refractivity contribution in [3.63, 3.8) is 0 Å². The summed E-state index contributed by atoms with van der Waals surface area (Å²) in [6, 6.07) is 0. The van der Waals surface area contributed by atoms with Crippen molar-refractivity contribution in [2.45, 2.75) is 64.2 Å². The van der Waals surface area contributed by atoms with Crippen molar-refractivity contribution < 1.29 is 0 Å². The Kier molecular flexibility index (Phi) is 20.2. The highest BCUT2D eigenvalue weighted by Gasteiger charge is 1.94. The minimum absolute atomic E-state index is 0.830. The van der Waals surface area contributed by atoms with Gasteiger partial charge in [0, 0.05) is 24.6 Å². The summed E-state index contributed by atoms with van der Waals surface area (Å²) in [5.74, 6) is 4.87. The molecule has 0 aliphatic carbocycles. The summed E-state index contributed by atoms with van der Waals surface area (Å²) in [4.78, 5) is 0. The number of rotatable bonds is 17. The third kappa shape index (κ3) is 18.6. The van der Waals surface area contributed by atoms with E-state index in [4.69, 9.17) is 11.5 Å². The van der Waals surface area contributed by atoms with Crippen LogP contribution in [0.4, 0.5) is 0 Å². The van der Waals surface area contributed by atoms with E-state index in [2.05, 4.69) is 0 Å². The molecule has 20 heavy (non-hydrogen) atoms. The molecule has 0 amide bonds. The summed E-state index contributed by atoms with van der Waals surface area (Å²) in [6.07, 6.45) is 14.2. The zero-order valence-electron chi connectivity index (χ0n) is 13.3. The van der Waals surface area contributed by atoms with Crippen LogP contribution in [0.2, 0.25) is 0 Å². The molecule has 0 rings (SSSR count). The number of thioether (sulfide) groups is 2. The largest absolute Gasteiger partial charge is 0.330 e. The van der Waals surface area contributed by atoms with Crippen LogP contribution in [0, 0.1) is 0 Å². The normalized spacial score (nSPS) is 11.1. The van der Waals surface area contributed by atoms with E-state index in [1.165, 1.54) is 75.7 Å². The van der Waals surface area contributed by atoms with Gasteiger partial charge in [-0.05, 0) is 24.3 Å². The molecular weight excluding hydrogens is 284 g/mol. The van der Waals surface area contributed by atoms with Gasteiger partial charge < -0.3 is 11.5 Å². The Bertz CT molecular complexity index is 151. The molecule has 0 aromatic heterocycles. The lowest BCUT2D eigenvalue weighted by Gasteiger charge is -2.03. The monoisotopic (exact) mass is 320 g/mol. The minimum atomic E-state index is 0.830. The molecule has 0 unspecified atom stereocenters. The standard InChI is InChI=1S/C16H36N2S2/c17-11-15-19-13-9-7-5-3-1-2-4-6-8-10-14-20-16-12-18/h1-18H2. The van der Waals surface area contributed by atoms with Gasteiger partial charge in [0.2, 0.25) is 0 Å². The molecule has 2 nitrogen and oxygen atoms in total. The predicted molar refractivity (Wildman–Crippen MR) is 98.9 cm³/mol. The highest BCUT2D eigenvalue weighted by molar-refractivity contribution is 7.99. The number of nitrogens with two attached hydrogens (primary N) is 2. The lowest BCUT2D eigenvalue weighted by Crippen LogP contribution is -2.01. The van der Waals surface area contributed by atoms with E-state index in [1.807, 2.05) is 23.5 Å². The summed E-state index contributed by atoms with van der Waals surface area (Å²) >= 11 is 4.01. The van der Waals surface area contributed by atoms with E-state index in [0.29, 0.717) is 0 Å². The fourth-order valence-corrected chi connectivity index (χ4v) is 3.75. The first kappa shape index (κ1) is 20.6. The van der Waals surface area contributed by atoms with Crippen molar-refractivity contribution in [2.75, 3.05) is 36.1 Å². The third-order valence-electron chi connectivity index (χ3n) is 3.35. The Labute approximate surface area is 135 Å². The molecule has 0 spiro atoms. The summed E-state index contributed by atoms with van der Waals surface area (Å²) in [6.45, 7) is 1.66. The van der Waals surface area contributed by atoms with Crippen molar-refractivity contribution in [1.29, 1.82) is 0 Å². The molecule has 0 aliphatic rings. The second-order valence-corrected chi connectivity index (χ2v) is 7.79. The second-order valence-electron chi connectivity index (χ2n) is 5.34. The maximum atomic E-state index is 5.46. The Balaban J connectivity index is 2.89. The highest BCUT2D eigenvalue weighted by Crippen LogP contribution is 2.13. The average molecular weight is 321 g/mol. The lowest BCUT2D eigenvalue weighted by atomic mass is 10.1. The van der Waals surface area contributed by atoms with Gasteiger partial charge in [-0.2, -0.15) is 23.5 Å². The molecule has 4 heteroatoms. The molecular formula is C16H36N2S2. The first-order valence-corrected chi connectivity index (χ1v) is 10.8. The average Bonchev–Trinajstić information content (AvgIpc) is 2.47. The molecule has 0 bridgehead atoms. The topological polar surface area (TPSA) is 52.0 Å². The van der Waals surface area contributed by atoms with Crippen LogP contribution in [0.25, 0.3) is 0 Å². The molecule has 0 aromatic carbocycles. The van der Waals surface area contributed by atoms with Gasteiger partial charge in [-0.1, -0.05) is 51.4 Å². The van der Waals surface area contributed by atoms with Gasteiger partial charge in [0.05, 0.1) is 0 Å². The Hall–Kier alpha value is 0.620. The zero-order chi connectivity index (χ0) is 14.7. The first-order valence-electron chi connectivity index (χ1n) is 8.47. The van der Waals surface area contributed by atoms with Crippen molar-refractivity contribution in [3.8, 4) is 0 Å². The van der Waals surface area contributed by atoms with Gasteiger partial charge >= 0.3 is 0 Å². The van der Waals surface area contributed by atoms with Crippen LogP contribution in [-0.4, -0.2) is 36.1 Å². The summed E-state index contributed by atoms with van der Waals surface area (Å²) in [7, 11) is 0. The van der Waals surface area contributed by atoms with Crippen LogP contribution >= 0.6 is 23.5 Å². The van der Waals surface area contributed by atoms with Gasteiger partial charge in [0.15, 0.2) is 0 Å². The van der Waals surface area contributed by atoms with Crippen LogP contribution < -0.4 is 11.5 Å². The van der Waals surface area contributed by atoms with Crippen molar-refractivity contribution in [3.05, 3.63) is 0 Å². The number of hydrogen-bond donors (Lipinski definition) is 2. The molecule has 0 saturated carbocycles. The van der Waals surface area contributed by atoms with Crippen molar-refractivity contribution in [1.82, 2.24) is 0 Å². The second kappa shape index (κ2) is 19.6. The molecule has 0 radical (unpaired) electrons. The number of hydrogen-bond acceptors (Lipinski definition) is 4. The van der Waals surface area contributed by atoms with Gasteiger partial charge in [0.1, 0.15) is 0 Å². The Morgan fingerprint density at radius 3 is 1.00 bits per heavy atom. The van der Waals surface area contributed by atoms with E-state index in [0.717, 1.165) is 24.6 Å². The fraction of sp³-hybridized carbons (Fsp3) is 1.00. The number of unbranched alkanes of at least 4 members (excludes halogenated alkanes) is 9. The van der Waals surface area contributed by atoms with Gasteiger partial charge in [0.25, 0.3) is 0 Å². The van der Waals surface area contributed by atoms with Crippen LogP contribution in [0.1, 0.15) is 64.2 Å². The van der Waals surface area contributed by atoms with Crippen LogP contribution in [-0.2, 0) is 0 Å². The van der Waals surface area contributed by atoms with E-state index in [1.54, 1.807) is 0 Å². The van der Waals surface area contributed by atoms with Crippen LogP contribution in [0.15, 0.2) is 0 Å². The fourth-order valence-electron chi connectivity index (χ4n) is 2.19. The SMILES string of the molecule is NCCSCCCCCCCCCCCCSCCN. The lowest BCUT2D eigenvalue weighted by molar-refractivity contribution is 0.564. The van der Waals surface area contributed by atoms with Gasteiger partial charge in [-0.25, -0.2) is 0 Å². The molecule has 0 saturated heterocycles. The van der Waals surface area contributed by atoms with E-state index in [9.17, 15) is 0 Å². The maximum absolute atomic E-state index is 5.46. The quantitative estimate of drug-likeness (QED) is 0.393. The molecule has 0 heterocycles. The van der Waals surface area contributed by atoms with Crippen LogP contribution in [0.3, 0.4) is 0 Å². The van der Waals surface area contributed by atoms with Gasteiger partial charge in [-0.15, -0.1) is 0 Å². The third-order valence-corrected chi connectivity index (χ3v) is 5.56. The molecule has 0 aliphatic heterocycles. The smallest absolute Gasteiger partial charge is 0.00558 e. The van der Waals surface area contributed by atoms with E-state index >= 15 is 0 Å². The zero-order valence-corrected chi connectivity index (χ0v) is 14.9. The van der Waals surface area contributed by atoms with Crippen molar-refractivity contribution in [2.24, 2.45) is 11.5 Å². The Morgan fingerprint density at radius 2 is 0.700 bits per heavy atom. The summed E-state index contributed by atoms with van der Waals surface area (Å²) < 4.78 is 0. The van der Waals surface area contributed by atoms with E-state index in [-0.39, 0.29) is 0 Å². The Morgan fingerprint density at radius 1 is 0.400 bits per heavy atom. The summed E-state index contributed by atoms with van der Waals surface area (Å²) in [5.41, 5.74) is 10.9. The van der Waals surface area contributed by atoms with Crippen LogP contribution in [0.5, 0.6) is 0 Å².